The number of rotatable bonds is 7. The summed E-state index contributed by atoms with van der Waals surface area (Å²) in [5, 5.41) is 0.754. The Balaban J connectivity index is 1.41. The van der Waals surface area contributed by atoms with Gasteiger partial charge in [0.1, 0.15) is 0 Å². The van der Waals surface area contributed by atoms with E-state index in [1.807, 2.05) is 24.3 Å². The lowest BCUT2D eigenvalue weighted by atomic mass is 10.1. The minimum atomic E-state index is -3.79. The lowest BCUT2D eigenvalue weighted by molar-refractivity contribution is 0.0475. The summed E-state index contributed by atoms with van der Waals surface area (Å²) in [5.41, 5.74) is 1.84. The van der Waals surface area contributed by atoms with Gasteiger partial charge in [0.25, 0.3) is 10.0 Å². The first-order valence-corrected chi connectivity index (χ1v) is 10.9. The predicted octanol–water partition coefficient (Wildman–Crippen LogP) is 4.01. The Labute approximate surface area is 178 Å². The number of hydrogen-bond donors (Lipinski definition) is 2. The van der Waals surface area contributed by atoms with Crippen molar-refractivity contribution in [3.8, 4) is 0 Å². The van der Waals surface area contributed by atoms with Crippen molar-refractivity contribution in [1.29, 1.82) is 0 Å². The molecule has 0 fully saturated rings. The molecular weight excluding hydrogens is 416 g/mol. The van der Waals surface area contributed by atoms with Crippen molar-refractivity contribution in [2.45, 2.75) is 4.90 Å². The van der Waals surface area contributed by atoms with E-state index in [1.54, 1.807) is 36.5 Å². The number of H-pyrrole nitrogens is 1. The molecule has 4 rings (SSSR count). The van der Waals surface area contributed by atoms with Crippen LogP contribution in [-0.4, -0.2) is 31.8 Å². The first kappa shape index (κ1) is 20.4. The summed E-state index contributed by atoms with van der Waals surface area (Å²) in [6.45, 7) is -0.420. The SMILES string of the molecule is O=C(OCC(=O)c1c[nH]c2ccccc12)c1ccc(S(=O)(=O)Nc2ccccc2)cc1. The number of anilines is 1. The van der Waals surface area contributed by atoms with Crippen LogP contribution in [0.4, 0.5) is 5.69 Å². The zero-order valence-corrected chi connectivity index (χ0v) is 17.1. The molecule has 156 valence electrons. The van der Waals surface area contributed by atoms with Crippen LogP contribution in [-0.2, 0) is 14.8 Å². The van der Waals surface area contributed by atoms with Crippen molar-refractivity contribution in [2.24, 2.45) is 0 Å². The number of carbonyl (C=O) groups excluding carboxylic acids is 2. The molecule has 0 unspecified atom stereocenters. The molecule has 1 aromatic heterocycles. The van der Waals surface area contributed by atoms with Gasteiger partial charge in [-0.15, -0.1) is 0 Å². The molecule has 31 heavy (non-hydrogen) atoms. The fourth-order valence-electron chi connectivity index (χ4n) is 3.08. The van der Waals surface area contributed by atoms with Crippen molar-refractivity contribution in [1.82, 2.24) is 4.98 Å². The van der Waals surface area contributed by atoms with Gasteiger partial charge >= 0.3 is 5.97 Å². The molecule has 8 heteroatoms. The summed E-state index contributed by atoms with van der Waals surface area (Å²) in [5.74, 6) is -1.05. The Morgan fingerprint density at radius 3 is 2.29 bits per heavy atom. The number of Topliss-reactive ketones (excluding diaryl/α,β-unsaturated/α-hetero) is 1. The van der Waals surface area contributed by atoms with E-state index in [2.05, 4.69) is 9.71 Å². The van der Waals surface area contributed by atoms with E-state index in [9.17, 15) is 18.0 Å². The summed E-state index contributed by atoms with van der Waals surface area (Å²) in [7, 11) is -3.79. The first-order valence-electron chi connectivity index (χ1n) is 9.38. The highest BCUT2D eigenvalue weighted by molar-refractivity contribution is 7.92. The van der Waals surface area contributed by atoms with E-state index >= 15 is 0 Å². The number of esters is 1. The second-order valence-electron chi connectivity index (χ2n) is 6.74. The highest BCUT2D eigenvalue weighted by Gasteiger charge is 2.17. The second kappa shape index (κ2) is 8.45. The third kappa shape index (κ3) is 4.49. The van der Waals surface area contributed by atoms with E-state index in [1.165, 1.54) is 24.3 Å². The van der Waals surface area contributed by atoms with Gasteiger partial charge < -0.3 is 9.72 Å². The molecule has 0 aliphatic rings. The van der Waals surface area contributed by atoms with E-state index in [-0.39, 0.29) is 16.2 Å². The lowest BCUT2D eigenvalue weighted by Crippen LogP contribution is -2.15. The van der Waals surface area contributed by atoms with Gasteiger partial charge in [-0.2, -0.15) is 0 Å². The third-order valence-corrected chi connectivity index (χ3v) is 6.05. The van der Waals surface area contributed by atoms with Gasteiger partial charge in [0.15, 0.2) is 6.61 Å². The molecule has 0 radical (unpaired) electrons. The highest BCUT2D eigenvalue weighted by Crippen LogP contribution is 2.19. The number of nitrogens with one attached hydrogen (secondary N) is 2. The van der Waals surface area contributed by atoms with Crippen LogP contribution in [0.25, 0.3) is 10.9 Å². The second-order valence-corrected chi connectivity index (χ2v) is 8.43. The largest absolute Gasteiger partial charge is 0.454 e. The predicted molar refractivity (Wildman–Crippen MR) is 117 cm³/mol. The number of sulfonamides is 1. The number of para-hydroxylation sites is 2. The normalized spacial score (nSPS) is 11.2. The maximum atomic E-state index is 12.5. The number of aromatic nitrogens is 1. The van der Waals surface area contributed by atoms with Crippen LogP contribution in [0.5, 0.6) is 0 Å². The van der Waals surface area contributed by atoms with Gasteiger partial charge in [0.2, 0.25) is 5.78 Å². The topological polar surface area (TPSA) is 105 Å². The van der Waals surface area contributed by atoms with Crippen LogP contribution in [0, 0.1) is 0 Å². The van der Waals surface area contributed by atoms with Crippen molar-refractivity contribution in [3.63, 3.8) is 0 Å². The van der Waals surface area contributed by atoms with Crippen molar-refractivity contribution in [3.05, 3.63) is 96.2 Å². The van der Waals surface area contributed by atoms with Crippen molar-refractivity contribution >= 4 is 38.4 Å². The molecule has 0 saturated heterocycles. The molecule has 1 heterocycles. The van der Waals surface area contributed by atoms with Gasteiger partial charge in [-0.25, -0.2) is 13.2 Å². The molecule has 4 aromatic rings. The smallest absolute Gasteiger partial charge is 0.338 e. The zero-order valence-electron chi connectivity index (χ0n) is 16.2. The Hall–Kier alpha value is -3.91. The molecule has 0 bridgehead atoms. The maximum absolute atomic E-state index is 12.5. The molecule has 0 aliphatic carbocycles. The number of hydrogen-bond acceptors (Lipinski definition) is 5. The van der Waals surface area contributed by atoms with Gasteiger partial charge in [0, 0.05) is 28.4 Å². The summed E-state index contributed by atoms with van der Waals surface area (Å²) in [6.07, 6.45) is 1.58. The maximum Gasteiger partial charge on any atom is 0.338 e. The first-order chi connectivity index (χ1) is 14.9. The molecular formula is C23H18N2O5S. The molecule has 0 aliphatic heterocycles. The third-order valence-electron chi connectivity index (χ3n) is 4.65. The lowest BCUT2D eigenvalue weighted by Gasteiger charge is -2.09. The average molecular weight is 434 g/mol. The van der Waals surface area contributed by atoms with Crippen LogP contribution in [0.1, 0.15) is 20.7 Å². The quantitative estimate of drug-likeness (QED) is 0.338. The fourth-order valence-corrected chi connectivity index (χ4v) is 4.14. The number of fused-ring (bicyclic) bond motifs is 1. The Kier molecular flexibility index (Phi) is 5.55. The molecule has 2 N–H and O–H groups in total. The monoisotopic (exact) mass is 434 g/mol. The average Bonchev–Trinajstić information content (AvgIpc) is 3.22. The van der Waals surface area contributed by atoms with E-state index in [0.29, 0.717) is 11.3 Å². The summed E-state index contributed by atoms with van der Waals surface area (Å²) in [4.78, 5) is 27.7. The van der Waals surface area contributed by atoms with Crippen LogP contribution in [0.2, 0.25) is 0 Å². The molecule has 0 amide bonds. The van der Waals surface area contributed by atoms with Crippen LogP contribution < -0.4 is 4.72 Å². The number of ether oxygens (including phenoxy) is 1. The van der Waals surface area contributed by atoms with Crippen molar-refractivity contribution < 1.29 is 22.7 Å². The minimum Gasteiger partial charge on any atom is -0.454 e. The van der Waals surface area contributed by atoms with E-state index in [4.69, 9.17) is 4.74 Å². The molecule has 3 aromatic carbocycles. The minimum absolute atomic E-state index is 0.00257. The standard InChI is InChI=1S/C23H18N2O5S/c26-22(20-14-24-21-9-5-4-8-19(20)21)15-30-23(27)16-10-12-18(13-11-16)31(28,29)25-17-6-2-1-3-7-17/h1-14,24-25H,15H2. The fraction of sp³-hybridized carbons (Fsp3) is 0.0435. The number of aromatic amines is 1. The van der Waals surface area contributed by atoms with Crippen LogP contribution >= 0.6 is 0 Å². The van der Waals surface area contributed by atoms with Gasteiger partial charge in [-0.1, -0.05) is 36.4 Å². The summed E-state index contributed by atoms with van der Waals surface area (Å²) >= 11 is 0. The number of benzene rings is 3. The van der Waals surface area contributed by atoms with Gasteiger partial charge in [-0.05, 0) is 42.5 Å². The number of carbonyl (C=O) groups is 2. The summed E-state index contributed by atoms with van der Waals surface area (Å²) < 4.78 is 32.5. The molecule has 0 saturated carbocycles. The van der Waals surface area contributed by atoms with Crippen LogP contribution in [0.3, 0.4) is 0 Å². The van der Waals surface area contributed by atoms with Gasteiger partial charge in [-0.3, -0.25) is 9.52 Å². The van der Waals surface area contributed by atoms with Gasteiger partial charge in [0.05, 0.1) is 10.5 Å². The molecule has 0 spiro atoms. The zero-order chi connectivity index (χ0) is 21.8. The van der Waals surface area contributed by atoms with Crippen molar-refractivity contribution in [2.75, 3.05) is 11.3 Å². The molecule has 7 nitrogen and oxygen atoms in total. The Morgan fingerprint density at radius 1 is 0.871 bits per heavy atom. The molecule has 0 atom stereocenters. The van der Waals surface area contributed by atoms with Crippen LogP contribution in [0.15, 0.2) is 90.0 Å². The van der Waals surface area contributed by atoms with E-state index < -0.39 is 22.6 Å². The highest BCUT2D eigenvalue weighted by atomic mass is 32.2. The number of ketones is 1. The Morgan fingerprint density at radius 2 is 1.55 bits per heavy atom. The van der Waals surface area contributed by atoms with E-state index in [0.717, 1.165) is 10.9 Å². The summed E-state index contributed by atoms with van der Waals surface area (Å²) in [6, 6.07) is 21.1. The Bertz CT molecular complexity index is 1340.